The van der Waals surface area contributed by atoms with Gasteiger partial charge in [0.15, 0.2) is 0 Å². The third-order valence-electron chi connectivity index (χ3n) is 2.78. The molecule has 0 aliphatic carbocycles. The van der Waals surface area contributed by atoms with Crippen LogP contribution in [0.3, 0.4) is 0 Å². The normalized spacial score (nSPS) is 10.3. The number of carbonyl (C=O) groups is 1. The van der Waals surface area contributed by atoms with E-state index in [0.717, 1.165) is 9.79 Å². The summed E-state index contributed by atoms with van der Waals surface area (Å²) in [6.45, 7) is 4.10. The predicted octanol–water partition coefficient (Wildman–Crippen LogP) is 3.57. The van der Waals surface area contributed by atoms with E-state index in [4.69, 9.17) is 5.21 Å². The minimum atomic E-state index is -0.493. The van der Waals surface area contributed by atoms with E-state index in [0.29, 0.717) is 5.56 Å². The summed E-state index contributed by atoms with van der Waals surface area (Å²) in [5, 5.41) is 8.76. The Labute approximate surface area is 116 Å². The van der Waals surface area contributed by atoms with Gasteiger partial charge in [-0.1, -0.05) is 41.6 Å². The van der Waals surface area contributed by atoms with E-state index in [1.165, 1.54) is 22.9 Å². The summed E-state index contributed by atoms with van der Waals surface area (Å²) in [6.07, 6.45) is 0. The Morgan fingerprint density at radius 3 is 2.53 bits per heavy atom. The van der Waals surface area contributed by atoms with Crippen LogP contribution < -0.4 is 5.48 Å². The summed E-state index contributed by atoms with van der Waals surface area (Å²) < 4.78 is 0. The minimum Gasteiger partial charge on any atom is -0.288 e. The molecule has 0 heterocycles. The SMILES string of the molecule is Cc1ccc(Sc2ccccc2C(=O)NO)c(C)c1. The molecule has 98 valence electrons. The standard InChI is InChI=1S/C15H15NO2S/c1-10-7-8-13(11(2)9-10)19-14-6-4-3-5-12(14)15(17)16-18/h3-9,18H,1-2H3,(H,16,17). The van der Waals surface area contributed by atoms with Gasteiger partial charge in [0.05, 0.1) is 5.56 Å². The Morgan fingerprint density at radius 2 is 1.84 bits per heavy atom. The van der Waals surface area contributed by atoms with Gasteiger partial charge in [0.1, 0.15) is 0 Å². The van der Waals surface area contributed by atoms with Crippen molar-refractivity contribution in [1.82, 2.24) is 5.48 Å². The fourth-order valence-corrected chi connectivity index (χ4v) is 2.85. The first-order valence-corrected chi connectivity index (χ1v) is 6.72. The van der Waals surface area contributed by atoms with Crippen molar-refractivity contribution >= 4 is 17.7 Å². The number of rotatable bonds is 3. The second-order valence-corrected chi connectivity index (χ2v) is 5.39. The second-order valence-electron chi connectivity index (χ2n) is 4.31. The molecule has 0 bridgehead atoms. The van der Waals surface area contributed by atoms with Crippen LogP contribution >= 0.6 is 11.8 Å². The number of amides is 1. The number of aryl methyl sites for hydroxylation is 2. The predicted molar refractivity (Wildman–Crippen MR) is 75.7 cm³/mol. The van der Waals surface area contributed by atoms with E-state index in [9.17, 15) is 4.79 Å². The third kappa shape index (κ3) is 3.16. The summed E-state index contributed by atoms with van der Waals surface area (Å²) in [7, 11) is 0. The highest BCUT2D eigenvalue weighted by Gasteiger charge is 2.11. The molecule has 0 fully saturated rings. The number of hydroxylamine groups is 1. The van der Waals surface area contributed by atoms with Crippen LogP contribution in [0.2, 0.25) is 0 Å². The van der Waals surface area contributed by atoms with Gasteiger partial charge in [0.2, 0.25) is 0 Å². The van der Waals surface area contributed by atoms with Crippen LogP contribution in [0.25, 0.3) is 0 Å². The monoisotopic (exact) mass is 273 g/mol. The fourth-order valence-electron chi connectivity index (χ4n) is 1.84. The number of hydrogen-bond acceptors (Lipinski definition) is 3. The van der Waals surface area contributed by atoms with Crippen LogP contribution in [0.5, 0.6) is 0 Å². The van der Waals surface area contributed by atoms with Crippen LogP contribution in [0.1, 0.15) is 21.5 Å². The smallest absolute Gasteiger partial charge is 0.275 e. The molecular weight excluding hydrogens is 258 g/mol. The summed E-state index contributed by atoms with van der Waals surface area (Å²) in [6, 6.07) is 13.4. The molecule has 1 amide bonds. The highest BCUT2D eigenvalue weighted by Crippen LogP contribution is 2.32. The fraction of sp³-hybridized carbons (Fsp3) is 0.133. The molecule has 0 unspecified atom stereocenters. The lowest BCUT2D eigenvalue weighted by atomic mass is 10.2. The van der Waals surface area contributed by atoms with Gasteiger partial charge < -0.3 is 0 Å². The lowest BCUT2D eigenvalue weighted by Crippen LogP contribution is -2.19. The molecule has 0 atom stereocenters. The van der Waals surface area contributed by atoms with Crippen molar-refractivity contribution in [3.63, 3.8) is 0 Å². The van der Waals surface area contributed by atoms with Crippen LogP contribution in [-0.4, -0.2) is 11.1 Å². The molecule has 2 aromatic carbocycles. The topological polar surface area (TPSA) is 49.3 Å². The lowest BCUT2D eigenvalue weighted by molar-refractivity contribution is 0.0703. The quantitative estimate of drug-likeness (QED) is 0.664. The van der Waals surface area contributed by atoms with Crippen molar-refractivity contribution in [3.8, 4) is 0 Å². The Morgan fingerprint density at radius 1 is 1.11 bits per heavy atom. The number of hydrogen-bond donors (Lipinski definition) is 2. The molecule has 0 saturated carbocycles. The van der Waals surface area contributed by atoms with Gasteiger partial charge >= 0.3 is 0 Å². The van der Waals surface area contributed by atoms with Gasteiger partial charge in [0.25, 0.3) is 5.91 Å². The van der Waals surface area contributed by atoms with Gasteiger partial charge in [-0.05, 0) is 37.6 Å². The molecule has 2 aromatic rings. The number of carbonyl (C=O) groups excluding carboxylic acids is 1. The van der Waals surface area contributed by atoms with Crippen LogP contribution in [0.15, 0.2) is 52.3 Å². The maximum atomic E-state index is 11.6. The van der Waals surface area contributed by atoms with Gasteiger partial charge in [-0.2, -0.15) is 0 Å². The van der Waals surface area contributed by atoms with Gasteiger partial charge in [0, 0.05) is 9.79 Å². The average molecular weight is 273 g/mol. The van der Waals surface area contributed by atoms with Gasteiger partial charge in [-0.25, -0.2) is 5.48 Å². The Hall–Kier alpha value is -1.78. The molecule has 2 N–H and O–H groups in total. The van der Waals surface area contributed by atoms with Gasteiger partial charge in [-0.15, -0.1) is 0 Å². The van der Waals surface area contributed by atoms with Crippen molar-refractivity contribution in [1.29, 1.82) is 0 Å². The molecule has 4 heteroatoms. The minimum absolute atomic E-state index is 0.468. The molecule has 0 spiro atoms. The van der Waals surface area contributed by atoms with E-state index in [2.05, 4.69) is 13.0 Å². The van der Waals surface area contributed by atoms with Crippen LogP contribution in [-0.2, 0) is 0 Å². The van der Waals surface area contributed by atoms with Crippen molar-refractivity contribution in [2.24, 2.45) is 0 Å². The molecular formula is C15H15NO2S. The van der Waals surface area contributed by atoms with Crippen molar-refractivity contribution in [3.05, 3.63) is 59.2 Å². The molecule has 19 heavy (non-hydrogen) atoms. The average Bonchev–Trinajstić information content (AvgIpc) is 2.41. The second kappa shape index (κ2) is 5.91. The van der Waals surface area contributed by atoms with E-state index in [-0.39, 0.29) is 0 Å². The zero-order chi connectivity index (χ0) is 13.8. The van der Waals surface area contributed by atoms with Crippen molar-refractivity contribution in [2.45, 2.75) is 23.6 Å². The van der Waals surface area contributed by atoms with Crippen LogP contribution in [0, 0.1) is 13.8 Å². The third-order valence-corrected chi connectivity index (χ3v) is 4.04. The molecule has 0 saturated heterocycles. The summed E-state index contributed by atoms with van der Waals surface area (Å²) in [5.41, 5.74) is 4.53. The summed E-state index contributed by atoms with van der Waals surface area (Å²) in [5.74, 6) is -0.493. The first-order chi connectivity index (χ1) is 9.11. The molecule has 0 aliphatic heterocycles. The molecule has 0 aliphatic rings. The zero-order valence-corrected chi connectivity index (χ0v) is 11.6. The molecule has 3 nitrogen and oxygen atoms in total. The first-order valence-electron chi connectivity index (χ1n) is 5.90. The number of benzene rings is 2. The van der Waals surface area contributed by atoms with E-state index >= 15 is 0 Å². The van der Waals surface area contributed by atoms with E-state index in [1.54, 1.807) is 17.6 Å². The summed E-state index contributed by atoms with van der Waals surface area (Å²) >= 11 is 1.52. The largest absolute Gasteiger partial charge is 0.288 e. The molecule has 2 rings (SSSR count). The maximum absolute atomic E-state index is 11.6. The Bertz CT molecular complexity index is 611. The first kappa shape index (κ1) is 13.6. The highest BCUT2D eigenvalue weighted by atomic mass is 32.2. The lowest BCUT2D eigenvalue weighted by Gasteiger charge is -2.10. The van der Waals surface area contributed by atoms with Crippen molar-refractivity contribution in [2.75, 3.05) is 0 Å². The van der Waals surface area contributed by atoms with Crippen LogP contribution in [0.4, 0.5) is 0 Å². The van der Waals surface area contributed by atoms with Gasteiger partial charge in [-0.3, -0.25) is 10.0 Å². The molecule has 0 radical (unpaired) electrons. The highest BCUT2D eigenvalue weighted by molar-refractivity contribution is 7.99. The van der Waals surface area contributed by atoms with E-state index < -0.39 is 5.91 Å². The summed E-state index contributed by atoms with van der Waals surface area (Å²) in [4.78, 5) is 13.5. The zero-order valence-electron chi connectivity index (χ0n) is 10.8. The van der Waals surface area contributed by atoms with E-state index in [1.807, 2.05) is 31.2 Å². The maximum Gasteiger partial charge on any atom is 0.275 e. The Balaban J connectivity index is 2.35. The number of nitrogens with one attached hydrogen (secondary N) is 1. The van der Waals surface area contributed by atoms with Crippen molar-refractivity contribution < 1.29 is 10.0 Å². The Kier molecular flexibility index (Phi) is 4.24. The molecule has 0 aromatic heterocycles.